The molecule has 0 atom stereocenters. The monoisotopic (exact) mass is 309 g/mol. The average molecular weight is 310 g/mol. The zero-order valence-corrected chi connectivity index (χ0v) is 13.0. The molecule has 2 aromatic rings. The number of halogens is 1. The lowest BCUT2D eigenvalue weighted by atomic mass is 9.98. The Morgan fingerprint density at radius 3 is 2.67 bits per heavy atom. The summed E-state index contributed by atoms with van der Waals surface area (Å²) < 4.78 is 7.08. The number of nitrogens with one attached hydrogen (secondary N) is 1. The van der Waals surface area contributed by atoms with Gasteiger partial charge in [0.05, 0.1) is 11.0 Å². The molecule has 0 unspecified atom stereocenters. The Morgan fingerprint density at radius 1 is 1.33 bits per heavy atom. The third-order valence-corrected chi connectivity index (χ3v) is 3.71. The molecule has 18 heavy (non-hydrogen) atoms. The third kappa shape index (κ3) is 2.47. The van der Waals surface area contributed by atoms with E-state index in [0.717, 1.165) is 28.9 Å². The lowest BCUT2D eigenvalue weighted by Crippen LogP contribution is -2.12. The molecule has 0 radical (unpaired) electrons. The Kier molecular flexibility index (Phi) is 4.13. The second-order valence-corrected chi connectivity index (χ2v) is 5.85. The van der Waals surface area contributed by atoms with Crippen LogP contribution in [0.15, 0.2) is 21.0 Å². The molecule has 0 aliphatic rings. The van der Waals surface area contributed by atoms with Crippen molar-refractivity contribution in [2.24, 2.45) is 0 Å². The molecule has 0 bridgehead atoms. The molecular weight excluding hydrogens is 290 g/mol. The van der Waals surface area contributed by atoms with Crippen molar-refractivity contribution in [1.29, 1.82) is 0 Å². The van der Waals surface area contributed by atoms with Gasteiger partial charge >= 0.3 is 0 Å². The molecule has 1 heterocycles. The first-order valence-corrected chi connectivity index (χ1v) is 7.26. The average Bonchev–Trinajstić information content (AvgIpc) is 2.64. The highest BCUT2D eigenvalue weighted by atomic mass is 79.9. The Labute approximate surface area is 117 Å². The van der Waals surface area contributed by atoms with Gasteiger partial charge in [-0.1, -0.05) is 20.8 Å². The van der Waals surface area contributed by atoms with Crippen molar-refractivity contribution >= 4 is 26.9 Å². The number of hydrogen-bond acceptors (Lipinski definition) is 2. The van der Waals surface area contributed by atoms with Crippen LogP contribution >= 0.6 is 15.9 Å². The van der Waals surface area contributed by atoms with Crippen molar-refractivity contribution in [3.8, 4) is 0 Å². The highest BCUT2D eigenvalue weighted by molar-refractivity contribution is 9.10. The third-order valence-electron chi connectivity index (χ3n) is 3.12. The summed E-state index contributed by atoms with van der Waals surface area (Å²) in [5, 5.41) is 4.59. The molecule has 0 spiro atoms. The lowest BCUT2D eigenvalue weighted by Gasteiger charge is -2.07. The van der Waals surface area contributed by atoms with E-state index >= 15 is 0 Å². The van der Waals surface area contributed by atoms with Crippen molar-refractivity contribution in [2.45, 2.75) is 40.2 Å². The van der Waals surface area contributed by atoms with Crippen molar-refractivity contribution in [1.82, 2.24) is 5.32 Å². The maximum atomic E-state index is 6.04. The van der Waals surface area contributed by atoms with E-state index in [-0.39, 0.29) is 0 Å². The molecule has 0 aliphatic heterocycles. The van der Waals surface area contributed by atoms with Crippen LogP contribution in [0.1, 0.15) is 43.6 Å². The van der Waals surface area contributed by atoms with Gasteiger partial charge in [-0.3, -0.25) is 0 Å². The van der Waals surface area contributed by atoms with Gasteiger partial charge in [0.2, 0.25) is 0 Å². The Bertz CT molecular complexity index is 557. The number of fused-ring (bicyclic) bond motifs is 1. The number of hydrogen-bond donors (Lipinski definition) is 1. The Hall–Kier alpha value is -0.800. The molecule has 1 aromatic carbocycles. The smallest absolute Gasteiger partial charge is 0.148 e. The van der Waals surface area contributed by atoms with Crippen LogP contribution in [0, 0.1) is 6.92 Å². The zero-order chi connectivity index (χ0) is 13.3. The highest BCUT2D eigenvalue weighted by Crippen LogP contribution is 2.36. The molecule has 3 heteroatoms. The van der Waals surface area contributed by atoms with E-state index in [1.165, 1.54) is 16.5 Å². The minimum absolute atomic E-state index is 0.466. The summed E-state index contributed by atoms with van der Waals surface area (Å²) in [5.41, 5.74) is 3.56. The van der Waals surface area contributed by atoms with Gasteiger partial charge in [-0.25, -0.2) is 0 Å². The fourth-order valence-corrected chi connectivity index (χ4v) is 3.02. The summed E-state index contributed by atoms with van der Waals surface area (Å²) in [5.74, 6) is 1.53. The number of rotatable bonds is 4. The summed E-state index contributed by atoms with van der Waals surface area (Å²) >= 11 is 3.60. The number of benzene rings is 1. The van der Waals surface area contributed by atoms with Gasteiger partial charge in [-0.15, -0.1) is 0 Å². The molecule has 0 aliphatic carbocycles. The Morgan fingerprint density at radius 2 is 2.06 bits per heavy atom. The van der Waals surface area contributed by atoms with Crippen LogP contribution in [0.25, 0.3) is 11.0 Å². The van der Waals surface area contributed by atoms with E-state index in [4.69, 9.17) is 4.42 Å². The van der Waals surface area contributed by atoms with Gasteiger partial charge in [0.1, 0.15) is 11.3 Å². The molecule has 0 saturated heterocycles. The van der Waals surface area contributed by atoms with Crippen molar-refractivity contribution in [2.75, 3.05) is 6.54 Å². The first-order chi connectivity index (χ1) is 8.54. The highest BCUT2D eigenvalue weighted by Gasteiger charge is 2.18. The van der Waals surface area contributed by atoms with E-state index in [9.17, 15) is 0 Å². The Balaban J connectivity index is 2.63. The van der Waals surface area contributed by atoms with Crippen LogP contribution in [-0.2, 0) is 6.54 Å². The van der Waals surface area contributed by atoms with Crippen molar-refractivity contribution in [3.05, 3.63) is 33.5 Å². The van der Waals surface area contributed by atoms with Gasteiger partial charge in [-0.05, 0) is 53.0 Å². The molecule has 1 aromatic heterocycles. The molecule has 98 valence electrons. The van der Waals surface area contributed by atoms with Gasteiger partial charge in [0, 0.05) is 10.9 Å². The first-order valence-electron chi connectivity index (χ1n) is 6.46. The van der Waals surface area contributed by atoms with Gasteiger partial charge in [0.25, 0.3) is 0 Å². The fraction of sp³-hybridized carbons (Fsp3) is 0.467. The summed E-state index contributed by atoms with van der Waals surface area (Å²) in [6.07, 6.45) is 0. The molecule has 0 amide bonds. The zero-order valence-electron chi connectivity index (χ0n) is 11.4. The summed E-state index contributed by atoms with van der Waals surface area (Å²) in [4.78, 5) is 0. The van der Waals surface area contributed by atoms with Gasteiger partial charge < -0.3 is 9.73 Å². The van der Waals surface area contributed by atoms with E-state index in [1.807, 2.05) is 0 Å². The van der Waals surface area contributed by atoms with E-state index in [2.05, 4.69) is 61.1 Å². The van der Waals surface area contributed by atoms with Crippen molar-refractivity contribution < 1.29 is 4.42 Å². The maximum Gasteiger partial charge on any atom is 0.148 e. The number of furan rings is 1. The minimum atomic E-state index is 0.466. The van der Waals surface area contributed by atoms with Crippen LogP contribution in [0.4, 0.5) is 0 Å². The predicted octanol–water partition coefficient (Wildman–Crippen LogP) is 4.74. The fourth-order valence-electron chi connectivity index (χ4n) is 2.36. The lowest BCUT2D eigenvalue weighted by molar-refractivity contribution is 0.509. The molecule has 2 nitrogen and oxygen atoms in total. The van der Waals surface area contributed by atoms with Crippen LogP contribution in [0.2, 0.25) is 0 Å². The summed E-state index contributed by atoms with van der Waals surface area (Å²) in [6, 6.07) is 4.32. The second kappa shape index (κ2) is 5.45. The van der Waals surface area contributed by atoms with Crippen LogP contribution in [0.3, 0.4) is 0 Å². The number of aryl methyl sites for hydroxylation is 1. The van der Waals surface area contributed by atoms with Gasteiger partial charge in [0.15, 0.2) is 0 Å². The predicted molar refractivity (Wildman–Crippen MR) is 80.1 cm³/mol. The largest absolute Gasteiger partial charge is 0.458 e. The van der Waals surface area contributed by atoms with Crippen LogP contribution in [0.5, 0.6) is 0 Å². The molecule has 2 rings (SSSR count). The SMILES string of the molecule is CCNCc1oc2c(Br)cc(C)cc2c1C(C)C. The van der Waals surface area contributed by atoms with E-state index < -0.39 is 0 Å². The molecule has 0 saturated carbocycles. The molecule has 1 N–H and O–H groups in total. The van der Waals surface area contributed by atoms with E-state index in [1.54, 1.807) is 0 Å². The summed E-state index contributed by atoms with van der Waals surface area (Å²) in [7, 11) is 0. The van der Waals surface area contributed by atoms with Crippen LogP contribution in [-0.4, -0.2) is 6.54 Å². The first kappa shape index (κ1) is 13.6. The van der Waals surface area contributed by atoms with Crippen LogP contribution < -0.4 is 5.32 Å². The van der Waals surface area contributed by atoms with Gasteiger partial charge in [-0.2, -0.15) is 0 Å². The maximum absolute atomic E-state index is 6.04. The molecule has 0 fully saturated rings. The summed E-state index contributed by atoms with van der Waals surface area (Å²) in [6.45, 7) is 10.4. The minimum Gasteiger partial charge on any atom is -0.458 e. The standard InChI is InChI=1S/C15H20BrNO/c1-5-17-8-13-14(9(2)3)11-6-10(4)7-12(16)15(11)18-13/h6-7,9,17H,5,8H2,1-4H3. The normalized spacial score (nSPS) is 11.7. The van der Waals surface area contributed by atoms with E-state index in [0.29, 0.717) is 5.92 Å². The van der Waals surface area contributed by atoms with Crippen molar-refractivity contribution in [3.63, 3.8) is 0 Å². The quantitative estimate of drug-likeness (QED) is 0.882. The topological polar surface area (TPSA) is 25.2 Å². The molecular formula is C15H20BrNO. The second-order valence-electron chi connectivity index (χ2n) is 5.00.